The van der Waals surface area contributed by atoms with Crippen LogP contribution >= 0.6 is 0 Å². The lowest BCUT2D eigenvalue weighted by Gasteiger charge is -2.39. The SMILES string of the molecule is O=C(c1ncoc1[C@@H]1CCCO1)N1CCC[C@H](N2CCCCCC2)C1. The first-order valence-corrected chi connectivity index (χ1v) is 9.91. The van der Waals surface area contributed by atoms with Crippen LogP contribution in [0.2, 0.25) is 0 Å². The third-order valence-corrected chi connectivity index (χ3v) is 5.86. The van der Waals surface area contributed by atoms with E-state index in [-0.39, 0.29) is 12.0 Å². The van der Waals surface area contributed by atoms with Crippen molar-refractivity contribution in [2.75, 3.05) is 32.8 Å². The smallest absolute Gasteiger partial charge is 0.276 e. The van der Waals surface area contributed by atoms with Crippen LogP contribution in [0.3, 0.4) is 0 Å². The molecule has 4 rings (SSSR count). The average Bonchev–Trinajstić information content (AvgIpc) is 3.27. The first-order valence-electron chi connectivity index (χ1n) is 9.91. The van der Waals surface area contributed by atoms with E-state index in [0.29, 0.717) is 17.5 Å². The molecule has 0 spiro atoms. The van der Waals surface area contributed by atoms with Crippen LogP contribution in [0.1, 0.15) is 73.7 Å². The number of carbonyl (C=O) groups excluding carboxylic acids is 1. The maximum absolute atomic E-state index is 13.1. The van der Waals surface area contributed by atoms with E-state index >= 15 is 0 Å². The van der Waals surface area contributed by atoms with Crippen LogP contribution < -0.4 is 0 Å². The molecule has 0 N–H and O–H groups in total. The molecule has 3 aliphatic heterocycles. The van der Waals surface area contributed by atoms with Gasteiger partial charge in [0.15, 0.2) is 17.8 Å². The van der Waals surface area contributed by atoms with Crippen molar-refractivity contribution in [3.8, 4) is 0 Å². The number of rotatable bonds is 3. The Hall–Kier alpha value is -1.40. The van der Waals surface area contributed by atoms with Crippen molar-refractivity contribution >= 4 is 5.91 Å². The highest BCUT2D eigenvalue weighted by Gasteiger charge is 2.33. The summed E-state index contributed by atoms with van der Waals surface area (Å²) < 4.78 is 11.2. The molecule has 4 heterocycles. The zero-order valence-electron chi connectivity index (χ0n) is 15.0. The maximum Gasteiger partial charge on any atom is 0.276 e. The van der Waals surface area contributed by atoms with Crippen molar-refractivity contribution in [2.45, 2.75) is 63.5 Å². The van der Waals surface area contributed by atoms with E-state index in [9.17, 15) is 4.79 Å². The predicted octanol–water partition coefficient (Wildman–Crippen LogP) is 3.01. The minimum atomic E-state index is -0.104. The number of oxazole rings is 1. The molecule has 2 atom stereocenters. The van der Waals surface area contributed by atoms with Gasteiger partial charge in [-0.2, -0.15) is 0 Å². The number of hydrogen-bond donors (Lipinski definition) is 0. The van der Waals surface area contributed by atoms with Crippen molar-refractivity contribution in [1.29, 1.82) is 0 Å². The van der Waals surface area contributed by atoms with Crippen LogP contribution in [0.5, 0.6) is 0 Å². The molecule has 0 radical (unpaired) electrons. The van der Waals surface area contributed by atoms with Gasteiger partial charge in [0.2, 0.25) is 0 Å². The van der Waals surface area contributed by atoms with Crippen LogP contribution in [-0.4, -0.2) is 59.5 Å². The highest BCUT2D eigenvalue weighted by atomic mass is 16.5. The Kier molecular flexibility index (Phi) is 5.36. The summed E-state index contributed by atoms with van der Waals surface area (Å²) in [6.45, 7) is 4.73. The van der Waals surface area contributed by atoms with Gasteiger partial charge in [-0.3, -0.25) is 9.69 Å². The number of likely N-dealkylation sites (tertiary alicyclic amines) is 2. The van der Waals surface area contributed by atoms with Crippen LogP contribution in [0.15, 0.2) is 10.8 Å². The average molecular weight is 347 g/mol. The molecule has 25 heavy (non-hydrogen) atoms. The van der Waals surface area contributed by atoms with Crippen LogP contribution in [0.4, 0.5) is 0 Å². The molecule has 0 bridgehead atoms. The quantitative estimate of drug-likeness (QED) is 0.841. The maximum atomic E-state index is 13.1. The normalized spacial score (nSPS) is 28.9. The molecule has 0 unspecified atom stereocenters. The Morgan fingerprint density at radius 3 is 2.64 bits per heavy atom. The van der Waals surface area contributed by atoms with Gasteiger partial charge in [-0.05, 0) is 51.6 Å². The van der Waals surface area contributed by atoms with Crippen molar-refractivity contribution in [1.82, 2.24) is 14.8 Å². The largest absolute Gasteiger partial charge is 0.445 e. The van der Waals surface area contributed by atoms with Gasteiger partial charge in [0, 0.05) is 25.7 Å². The lowest BCUT2D eigenvalue weighted by molar-refractivity contribution is 0.0555. The summed E-state index contributed by atoms with van der Waals surface area (Å²) in [5, 5.41) is 0. The van der Waals surface area contributed by atoms with Gasteiger partial charge in [0.05, 0.1) is 0 Å². The fraction of sp³-hybridized carbons (Fsp3) is 0.789. The Bertz CT molecular complexity index is 574. The zero-order chi connectivity index (χ0) is 17.1. The molecule has 3 fully saturated rings. The molecule has 3 saturated heterocycles. The highest BCUT2D eigenvalue weighted by Crippen LogP contribution is 2.31. The molecule has 1 aromatic heterocycles. The molecule has 0 aromatic carbocycles. The van der Waals surface area contributed by atoms with Crippen LogP contribution in [-0.2, 0) is 4.74 Å². The van der Waals surface area contributed by atoms with Crippen molar-refractivity contribution in [3.63, 3.8) is 0 Å². The van der Waals surface area contributed by atoms with E-state index in [2.05, 4.69) is 9.88 Å². The van der Waals surface area contributed by atoms with E-state index in [0.717, 1.165) is 39.0 Å². The summed E-state index contributed by atoms with van der Waals surface area (Å²) in [5.41, 5.74) is 0.461. The van der Waals surface area contributed by atoms with E-state index in [1.54, 1.807) is 0 Å². The third-order valence-electron chi connectivity index (χ3n) is 5.86. The van der Waals surface area contributed by atoms with Gasteiger partial charge in [-0.1, -0.05) is 12.8 Å². The second kappa shape index (κ2) is 7.87. The van der Waals surface area contributed by atoms with Gasteiger partial charge in [0.1, 0.15) is 6.10 Å². The minimum absolute atomic E-state index is 0.0128. The standard InChI is InChI=1S/C19H29N3O3/c23-19(17-18(25-14-20-17)16-8-6-12-24-16)22-11-5-7-15(13-22)21-9-3-1-2-4-10-21/h14-16H,1-13H2/t15-,16-/m0/s1. The van der Waals surface area contributed by atoms with E-state index in [1.807, 2.05) is 4.90 Å². The summed E-state index contributed by atoms with van der Waals surface area (Å²) in [4.78, 5) is 21.9. The molecule has 3 aliphatic rings. The number of ether oxygens (including phenoxy) is 1. The molecular weight excluding hydrogens is 318 g/mol. The van der Waals surface area contributed by atoms with E-state index in [4.69, 9.17) is 9.15 Å². The second-order valence-electron chi connectivity index (χ2n) is 7.56. The number of amides is 1. The molecular formula is C19H29N3O3. The van der Waals surface area contributed by atoms with Crippen LogP contribution in [0, 0.1) is 0 Å². The Morgan fingerprint density at radius 1 is 1.04 bits per heavy atom. The lowest BCUT2D eigenvalue weighted by Crippen LogP contribution is -2.50. The van der Waals surface area contributed by atoms with Crippen molar-refractivity contribution in [3.05, 3.63) is 17.8 Å². The molecule has 1 aromatic rings. The minimum Gasteiger partial charge on any atom is -0.445 e. The summed E-state index contributed by atoms with van der Waals surface area (Å²) >= 11 is 0. The summed E-state index contributed by atoms with van der Waals surface area (Å²) in [6.07, 6.45) is 10.7. The second-order valence-corrected chi connectivity index (χ2v) is 7.56. The number of aromatic nitrogens is 1. The summed E-state index contributed by atoms with van der Waals surface area (Å²) in [5.74, 6) is 0.637. The summed E-state index contributed by atoms with van der Waals surface area (Å²) in [7, 11) is 0. The van der Waals surface area contributed by atoms with Gasteiger partial charge in [-0.25, -0.2) is 4.98 Å². The Labute approximate surface area is 149 Å². The van der Waals surface area contributed by atoms with Crippen molar-refractivity contribution in [2.24, 2.45) is 0 Å². The van der Waals surface area contributed by atoms with Crippen molar-refractivity contribution < 1.29 is 13.9 Å². The van der Waals surface area contributed by atoms with Gasteiger partial charge in [-0.15, -0.1) is 0 Å². The van der Waals surface area contributed by atoms with Gasteiger partial charge in [0.25, 0.3) is 5.91 Å². The molecule has 0 aliphatic carbocycles. The molecule has 6 nitrogen and oxygen atoms in total. The molecule has 138 valence electrons. The summed E-state index contributed by atoms with van der Waals surface area (Å²) in [6, 6.07) is 0.494. The first kappa shape index (κ1) is 17.0. The highest BCUT2D eigenvalue weighted by molar-refractivity contribution is 5.93. The van der Waals surface area contributed by atoms with Gasteiger partial charge >= 0.3 is 0 Å². The first-order chi connectivity index (χ1) is 12.3. The molecule has 6 heteroatoms. The fourth-order valence-electron chi connectivity index (χ4n) is 4.48. The monoisotopic (exact) mass is 347 g/mol. The molecule has 1 amide bonds. The molecule has 0 saturated carbocycles. The number of carbonyl (C=O) groups is 1. The van der Waals surface area contributed by atoms with E-state index in [1.165, 1.54) is 51.6 Å². The third kappa shape index (κ3) is 3.75. The van der Waals surface area contributed by atoms with E-state index < -0.39 is 0 Å². The fourth-order valence-corrected chi connectivity index (χ4v) is 4.48. The number of nitrogens with zero attached hydrogens (tertiary/aromatic N) is 3. The Morgan fingerprint density at radius 2 is 1.88 bits per heavy atom. The van der Waals surface area contributed by atoms with Crippen LogP contribution in [0.25, 0.3) is 0 Å². The zero-order valence-corrected chi connectivity index (χ0v) is 15.0. The topological polar surface area (TPSA) is 58.8 Å². The predicted molar refractivity (Wildman–Crippen MR) is 93.4 cm³/mol. The lowest BCUT2D eigenvalue weighted by atomic mass is 10.0. The Balaban J connectivity index is 1.44. The van der Waals surface area contributed by atoms with Gasteiger partial charge < -0.3 is 14.1 Å². The number of piperidine rings is 1. The number of hydrogen-bond acceptors (Lipinski definition) is 5.